The molecule has 2 aromatic carbocycles. The van der Waals surface area contributed by atoms with E-state index in [0.717, 1.165) is 4.90 Å². The molecule has 43 heavy (non-hydrogen) atoms. The Morgan fingerprint density at radius 3 is 2.60 bits per heavy atom. The number of carbonyl (C=O) groups excluding carboxylic acids is 4. The molecular formula is C29H32ClF3N6O4. The number of primary amides is 1. The lowest BCUT2D eigenvalue weighted by Gasteiger charge is -2.32. The molecule has 1 aliphatic heterocycles. The van der Waals surface area contributed by atoms with Crippen molar-refractivity contribution >= 4 is 46.1 Å². The summed E-state index contributed by atoms with van der Waals surface area (Å²) in [4.78, 5) is 53.3. The number of aromatic nitrogens is 2. The van der Waals surface area contributed by atoms with Crippen molar-refractivity contribution in [2.75, 3.05) is 19.6 Å². The molecule has 1 fully saturated rings. The fourth-order valence-electron chi connectivity index (χ4n) is 4.97. The molecule has 2 heterocycles. The number of halogens is 4. The molecule has 1 aliphatic rings. The summed E-state index contributed by atoms with van der Waals surface area (Å²) in [6.45, 7) is 2.27. The smallest absolute Gasteiger partial charge is 0.269 e. The third kappa shape index (κ3) is 7.64. The second-order valence-electron chi connectivity index (χ2n) is 10.8. The van der Waals surface area contributed by atoms with E-state index in [9.17, 15) is 32.3 Å². The van der Waals surface area contributed by atoms with Crippen molar-refractivity contribution in [2.45, 2.75) is 58.2 Å². The van der Waals surface area contributed by atoms with E-state index < -0.39 is 48.0 Å². The summed E-state index contributed by atoms with van der Waals surface area (Å²) in [5.41, 5.74) is 6.46. The molecule has 14 heteroatoms. The van der Waals surface area contributed by atoms with Gasteiger partial charge in [-0.1, -0.05) is 29.8 Å². The van der Waals surface area contributed by atoms with E-state index in [4.69, 9.17) is 17.3 Å². The molecule has 0 aliphatic carbocycles. The van der Waals surface area contributed by atoms with Crippen LogP contribution in [0.5, 0.6) is 0 Å². The Balaban J connectivity index is 1.47. The molecule has 3 N–H and O–H groups in total. The van der Waals surface area contributed by atoms with Gasteiger partial charge in [-0.2, -0.15) is 5.10 Å². The second kappa shape index (κ2) is 13.0. The predicted molar refractivity (Wildman–Crippen MR) is 153 cm³/mol. The van der Waals surface area contributed by atoms with Crippen LogP contribution in [-0.2, 0) is 33.9 Å². The molecule has 0 bridgehead atoms. The molecule has 3 aromatic rings. The van der Waals surface area contributed by atoms with Gasteiger partial charge in [0.25, 0.3) is 11.8 Å². The first-order valence-electron chi connectivity index (χ1n) is 13.7. The predicted octanol–water partition coefficient (Wildman–Crippen LogP) is 3.28. The Morgan fingerprint density at radius 1 is 1.19 bits per heavy atom. The van der Waals surface area contributed by atoms with Crippen molar-refractivity contribution in [3.8, 4) is 0 Å². The summed E-state index contributed by atoms with van der Waals surface area (Å²) in [5.74, 6) is -5.90. The molecule has 0 spiro atoms. The molecular weight excluding hydrogens is 589 g/mol. The Labute approximate surface area is 250 Å². The molecule has 0 radical (unpaired) electrons. The second-order valence-corrected chi connectivity index (χ2v) is 11.2. The molecule has 0 unspecified atom stereocenters. The van der Waals surface area contributed by atoms with Crippen LogP contribution in [0.15, 0.2) is 36.4 Å². The number of benzene rings is 2. The zero-order valence-corrected chi connectivity index (χ0v) is 24.5. The quantitative estimate of drug-likeness (QED) is 0.359. The summed E-state index contributed by atoms with van der Waals surface area (Å²) in [5, 5.41) is 7.03. The van der Waals surface area contributed by atoms with Crippen LogP contribution in [0, 0.1) is 5.82 Å². The number of rotatable bonds is 10. The Kier molecular flexibility index (Phi) is 9.63. The molecule has 1 saturated heterocycles. The van der Waals surface area contributed by atoms with E-state index >= 15 is 0 Å². The van der Waals surface area contributed by atoms with Gasteiger partial charge in [0.1, 0.15) is 12.4 Å². The number of hydrogen-bond donors (Lipinski definition) is 2. The molecule has 4 rings (SSSR count). The van der Waals surface area contributed by atoms with Crippen molar-refractivity contribution < 1.29 is 32.3 Å². The summed E-state index contributed by atoms with van der Waals surface area (Å²) >= 11 is 5.79. The Morgan fingerprint density at radius 2 is 1.93 bits per heavy atom. The highest BCUT2D eigenvalue weighted by Gasteiger charge is 2.37. The summed E-state index contributed by atoms with van der Waals surface area (Å²) in [6, 6.07) is 8.75. The average Bonchev–Trinajstić information content (AvgIpc) is 3.29. The van der Waals surface area contributed by atoms with Crippen molar-refractivity contribution in [2.24, 2.45) is 5.73 Å². The number of fused-ring (bicyclic) bond motifs is 1. The summed E-state index contributed by atoms with van der Waals surface area (Å²) < 4.78 is 43.0. The van der Waals surface area contributed by atoms with E-state index in [0.29, 0.717) is 16.5 Å². The number of amides is 4. The van der Waals surface area contributed by atoms with Crippen LogP contribution in [0.25, 0.3) is 10.9 Å². The minimum Gasteiger partial charge on any atom is -0.364 e. The van der Waals surface area contributed by atoms with E-state index in [1.165, 1.54) is 27.8 Å². The standard InChI is InChI=1S/C29H32ClF3N6O4/c1-17(2)38(14-23(40)35-13-19-5-3-6-21(30)26(19)31)25(42)15-39-22-8-7-18(11-20(22)27(36-39)28(34)43)12-24(41)37-10-4-9-29(32,33)16-37/h3,5-8,11,17H,4,9-10,12-16H2,1-2H3,(H2,34,43)(H,35,40). The van der Waals surface area contributed by atoms with Gasteiger partial charge in [-0.05, 0) is 44.0 Å². The fraction of sp³-hybridized carbons (Fsp3) is 0.414. The summed E-state index contributed by atoms with van der Waals surface area (Å²) in [6.07, 6.45) is -0.214. The van der Waals surface area contributed by atoms with Crippen LogP contribution in [0.4, 0.5) is 13.2 Å². The largest absolute Gasteiger partial charge is 0.364 e. The number of hydrogen-bond acceptors (Lipinski definition) is 5. The first kappa shape index (κ1) is 31.8. The maximum atomic E-state index is 14.2. The van der Waals surface area contributed by atoms with Crippen LogP contribution >= 0.6 is 11.6 Å². The van der Waals surface area contributed by atoms with E-state index in [-0.39, 0.29) is 61.7 Å². The first-order valence-corrected chi connectivity index (χ1v) is 14.1. The van der Waals surface area contributed by atoms with Crippen LogP contribution in [-0.4, -0.2) is 74.8 Å². The topological polar surface area (TPSA) is 131 Å². The zero-order chi connectivity index (χ0) is 31.5. The number of nitrogens with one attached hydrogen (secondary N) is 1. The average molecular weight is 621 g/mol. The number of carbonyl (C=O) groups is 4. The van der Waals surface area contributed by atoms with Crippen LogP contribution < -0.4 is 11.1 Å². The lowest BCUT2D eigenvalue weighted by molar-refractivity contribution is -0.140. The van der Waals surface area contributed by atoms with Gasteiger partial charge in [-0.25, -0.2) is 13.2 Å². The van der Waals surface area contributed by atoms with Crippen molar-refractivity contribution in [3.63, 3.8) is 0 Å². The van der Waals surface area contributed by atoms with Gasteiger partial charge in [-0.15, -0.1) is 0 Å². The maximum Gasteiger partial charge on any atom is 0.269 e. The van der Waals surface area contributed by atoms with E-state index in [2.05, 4.69) is 10.4 Å². The van der Waals surface area contributed by atoms with Gasteiger partial charge >= 0.3 is 0 Å². The van der Waals surface area contributed by atoms with Crippen molar-refractivity contribution in [1.82, 2.24) is 24.9 Å². The van der Waals surface area contributed by atoms with Crippen LogP contribution in [0.2, 0.25) is 5.02 Å². The van der Waals surface area contributed by atoms with Gasteiger partial charge in [0.2, 0.25) is 17.7 Å². The van der Waals surface area contributed by atoms with Gasteiger partial charge < -0.3 is 20.9 Å². The maximum absolute atomic E-state index is 14.2. The SMILES string of the molecule is CC(C)N(CC(=O)NCc1cccc(Cl)c1F)C(=O)Cn1nc(C(N)=O)c2cc(CC(=O)N3CCCC(F)(F)C3)ccc21. The molecule has 1 aromatic heterocycles. The first-order chi connectivity index (χ1) is 20.3. The van der Waals surface area contributed by atoms with Crippen LogP contribution in [0.3, 0.4) is 0 Å². The van der Waals surface area contributed by atoms with Gasteiger partial charge in [0.15, 0.2) is 5.69 Å². The van der Waals surface area contributed by atoms with Gasteiger partial charge in [0.05, 0.1) is 30.0 Å². The Hall–Kier alpha value is -4.13. The molecule has 10 nitrogen and oxygen atoms in total. The normalized spacial score (nSPS) is 14.6. The monoisotopic (exact) mass is 620 g/mol. The highest BCUT2D eigenvalue weighted by molar-refractivity contribution is 6.30. The minimum atomic E-state index is -2.93. The molecule has 4 amide bonds. The lowest BCUT2D eigenvalue weighted by Crippen LogP contribution is -2.46. The number of nitrogens with zero attached hydrogens (tertiary/aromatic N) is 4. The van der Waals surface area contributed by atoms with Crippen LogP contribution in [0.1, 0.15) is 48.3 Å². The minimum absolute atomic E-state index is 0.0714. The lowest BCUT2D eigenvalue weighted by atomic mass is 10.0. The zero-order valence-electron chi connectivity index (χ0n) is 23.7. The number of alkyl halides is 2. The molecule has 0 saturated carbocycles. The highest BCUT2D eigenvalue weighted by Crippen LogP contribution is 2.27. The van der Waals surface area contributed by atoms with E-state index in [1.807, 2.05) is 0 Å². The number of likely N-dealkylation sites (tertiary alicyclic amines) is 1. The van der Waals surface area contributed by atoms with Gasteiger partial charge in [0, 0.05) is 36.5 Å². The van der Waals surface area contributed by atoms with Gasteiger partial charge in [-0.3, -0.25) is 23.9 Å². The van der Waals surface area contributed by atoms with Crippen molar-refractivity contribution in [1.29, 1.82) is 0 Å². The Bertz CT molecular complexity index is 1560. The summed E-state index contributed by atoms with van der Waals surface area (Å²) in [7, 11) is 0. The number of piperidine rings is 1. The number of nitrogens with two attached hydrogens (primary N) is 1. The molecule has 0 atom stereocenters. The molecule has 230 valence electrons. The van der Waals surface area contributed by atoms with E-state index in [1.54, 1.807) is 32.0 Å². The third-order valence-corrected chi connectivity index (χ3v) is 7.49. The van der Waals surface area contributed by atoms with Crippen molar-refractivity contribution in [3.05, 3.63) is 64.1 Å². The highest BCUT2D eigenvalue weighted by atomic mass is 35.5. The third-order valence-electron chi connectivity index (χ3n) is 7.20. The fourth-order valence-corrected chi connectivity index (χ4v) is 5.17.